The first-order valence-corrected chi connectivity index (χ1v) is 6.51. The van der Waals surface area contributed by atoms with Gasteiger partial charge in [-0.25, -0.2) is 4.98 Å². The van der Waals surface area contributed by atoms with Gasteiger partial charge in [-0.1, -0.05) is 13.8 Å². The molecular weight excluding hydrogens is 214 g/mol. The summed E-state index contributed by atoms with van der Waals surface area (Å²) in [6.45, 7) is 5.41. The van der Waals surface area contributed by atoms with Crippen molar-refractivity contribution in [3.05, 3.63) is 18.2 Å². The Morgan fingerprint density at radius 3 is 2.76 bits per heavy atom. The summed E-state index contributed by atoms with van der Waals surface area (Å²) >= 11 is 0. The molecule has 0 radical (unpaired) electrons. The number of likely N-dealkylation sites (N-methyl/N-ethyl adjacent to an activating group) is 1. The van der Waals surface area contributed by atoms with E-state index in [0.29, 0.717) is 0 Å². The van der Waals surface area contributed by atoms with Gasteiger partial charge in [0.25, 0.3) is 0 Å². The van der Waals surface area contributed by atoms with E-state index in [-0.39, 0.29) is 12.1 Å². The van der Waals surface area contributed by atoms with Crippen molar-refractivity contribution >= 4 is 0 Å². The van der Waals surface area contributed by atoms with Crippen molar-refractivity contribution in [3.63, 3.8) is 0 Å². The number of aliphatic hydroxyl groups excluding tert-OH is 1. The van der Waals surface area contributed by atoms with E-state index < -0.39 is 0 Å². The van der Waals surface area contributed by atoms with Crippen molar-refractivity contribution in [2.45, 2.75) is 51.6 Å². The van der Waals surface area contributed by atoms with E-state index in [0.717, 1.165) is 38.1 Å². The lowest BCUT2D eigenvalue weighted by Gasteiger charge is -2.30. The van der Waals surface area contributed by atoms with Crippen LogP contribution in [0.4, 0.5) is 0 Å². The quantitative estimate of drug-likeness (QED) is 0.724. The number of aliphatic hydroxyl groups is 1. The number of aryl methyl sites for hydroxylation is 2. The van der Waals surface area contributed by atoms with Gasteiger partial charge >= 0.3 is 0 Å². The van der Waals surface area contributed by atoms with Gasteiger partial charge < -0.3 is 15.0 Å². The van der Waals surface area contributed by atoms with Crippen molar-refractivity contribution in [1.29, 1.82) is 0 Å². The highest BCUT2D eigenvalue weighted by molar-refractivity contribution is 4.92. The third-order valence-electron chi connectivity index (χ3n) is 3.68. The number of hydrogen-bond donors (Lipinski definition) is 2. The number of rotatable bonds is 8. The third kappa shape index (κ3) is 3.54. The fourth-order valence-electron chi connectivity index (χ4n) is 2.19. The van der Waals surface area contributed by atoms with Gasteiger partial charge in [0.1, 0.15) is 5.82 Å². The second kappa shape index (κ2) is 6.77. The largest absolute Gasteiger partial charge is 0.394 e. The zero-order chi connectivity index (χ0) is 12.7. The maximum atomic E-state index is 9.45. The summed E-state index contributed by atoms with van der Waals surface area (Å²) in [4.78, 5) is 4.31. The van der Waals surface area contributed by atoms with Crippen LogP contribution in [-0.4, -0.2) is 33.9 Å². The number of hydrogen-bond acceptors (Lipinski definition) is 3. The Hall–Kier alpha value is -0.870. The lowest BCUT2D eigenvalue weighted by Crippen LogP contribution is -2.46. The first-order chi connectivity index (χ1) is 8.21. The smallest absolute Gasteiger partial charge is 0.108 e. The highest BCUT2D eigenvalue weighted by atomic mass is 16.3. The molecule has 1 aromatic rings. The van der Waals surface area contributed by atoms with Crippen LogP contribution in [0.25, 0.3) is 0 Å². The molecule has 0 saturated carbocycles. The average molecular weight is 239 g/mol. The van der Waals surface area contributed by atoms with E-state index in [1.165, 1.54) is 0 Å². The Labute approximate surface area is 104 Å². The molecule has 2 N–H and O–H groups in total. The van der Waals surface area contributed by atoms with Crippen molar-refractivity contribution in [3.8, 4) is 0 Å². The van der Waals surface area contributed by atoms with Crippen LogP contribution >= 0.6 is 0 Å². The molecule has 0 aliphatic carbocycles. The summed E-state index contributed by atoms with van der Waals surface area (Å²) in [7, 11) is 1.93. The first-order valence-electron chi connectivity index (χ1n) is 6.51. The Balaban J connectivity index is 2.46. The van der Waals surface area contributed by atoms with E-state index in [2.05, 4.69) is 28.7 Å². The standard InChI is InChI=1S/C13H25N3O/c1-4-12-15-8-10-16(12)9-6-7-13(5-2,11-17)14-3/h8,10,14,17H,4-7,9,11H2,1-3H3. The summed E-state index contributed by atoms with van der Waals surface area (Å²) in [6, 6.07) is 0. The van der Waals surface area contributed by atoms with Gasteiger partial charge in [-0.2, -0.15) is 0 Å². The van der Waals surface area contributed by atoms with Crippen molar-refractivity contribution in [2.75, 3.05) is 13.7 Å². The van der Waals surface area contributed by atoms with Gasteiger partial charge in [-0.15, -0.1) is 0 Å². The molecule has 1 rings (SSSR count). The molecule has 1 atom stereocenters. The van der Waals surface area contributed by atoms with Crippen molar-refractivity contribution in [2.24, 2.45) is 0 Å². The molecule has 1 unspecified atom stereocenters. The lowest BCUT2D eigenvalue weighted by atomic mass is 9.91. The van der Waals surface area contributed by atoms with Gasteiger partial charge in [0.15, 0.2) is 0 Å². The van der Waals surface area contributed by atoms with Crippen LogP contribution in [0, 0.1) is 0 Å². The summed E-state index contributed by atoms with van der Waals surface area (Å²) in [5.41, 5.74) is -0.118. The predicted octanol–water partition coefficient (Wildman–Crippen LogP) is 1.59. The Morgan fingerprint density at radius 2 is 2.24 bits per heavy atom. The van der Waals surface area contributed by atoms with Crippen LogP contribution in [0.3, 0.4) is 0 Å². The fraction of sp³-hybridized carbons (Fsp3) is 0.769. The molecule has 0 amide bonds. The lowest BCUT2D eigenvalue weighted by molar-refractivity contribution is 0.151. The first kappa shape index (κ1) is 14.2. The van der Waals surface area contributed by atoms with Gasteiger partial charge in [0.05, 0.1) is 6.61 Å². The topological polar surface area (TPSA) is 50.1 Å². The van der Waals surface area contributed by atoms with E-state index in [1.807, 2.05) is 19.4 Å². The van der Waals surface area contributed by atoms with Gasteiger partial charge in [0.2, 0.25) is 0 Å². The molecule has 1 heterocycles. The summed E-state index contributed by atoms with van der Waals surface area (Å²) < 4.78 is 2.20. The van der Waals surface area contributed by atoms with Crippen LogP contribution in [0.15, 0.2) is 12.4 Å². The number of nitrogens with zero attached hydrogens (tertiary/aromatic N) is 2. The number of aromatic nitrogens is 2. The number of nitrogens with one attached hydrogen (secondary N) is 1. The molecule has 0 aromatic carbocycles. The molecule has 0 bridgehead atoms. The molecule has 98 valence electrons. The summed E-state index contributed by atoms with van der Waals surface area (Å²) in [5.74, 6) is 1.14. The Kier molecular flexibility index (Phi) is 5.65. The fourth-order valence-corrected chi connectivity index (χ4v) is 2.19. The molecule has 0 fully saturated rings. The highest BCUT2D eigenvalue weighted by Gasteiger charge is 2.24. The van der Waals surface area contributed by atoms with Gasteiger partial charge in [-0.05, 0) is 26.3 Å². The average Bonchev–Trinajstić information content (AvgIpc) is 2.83. The molecule has 1 aromatic heterocycles. The minimum Gasteiger partial charge on any atom is -0.394 e. The van der Waals surface area contributed by atoms with Crippen LogP contribution in [0.2, 0.25) is 0 Å². The Bertz CT molecular complexity index is 310. The van der Waals surface area contributed by atoms with E-state index in [4.69, 9.17) is 0 Å². The van der Waals surface area contributed by atoms with Crippen LogP contribution in [0.5, 0.6) is 0 Å². The molecular formula is C13H25N3O. The minimum atomic E-state index is -0.118. The molecule has 4 heteroatoms. The second-order valence-electron chi connectivity index (χ2n) is 4.54. The van der Waals surface area contributed by atoms with Gasteiger partial charge in [0, 0.05) is 30.9 Å². The van der Waals surface area contributed by atoms with Crippen LogP contribution in [-0.2, 0) is 13.0 Å². The Morgan fingerprint density at radius 1 is 1.47 bits per heavy atom. The maximum Gasteiger partial charge on any atom is 0.108 e. The zero-order valence-electron chi connectivity index (χ0n) is 11.2. The monoisotopic (exact) mass is 239 g/mol. The van der Waals surface area contributed by atoms with E-state index >= 15 is 0 Å². The number of imidazole rings is 1. The zero-order valence-corrected chi connectivity index (χ0v) is 11.2. The van der Waals surface area contributed by atoms with E-state index in [9.17, 15) is 5.11 Å². The second-order valence-corrected chi connectivity index (χ2v) is 4.54. The SMILES string of the molecule is CCc1nccn1CCCC(CC)(CO)NC. The van der Waals surface area contributed by atoms with Crippen LogP contribution < -0.4 is 5.32 Å². The molecule has 0 aliphatic heterocycles. The molecule has 4 nitrogen and oxygen atoms in total. The van der Waals surface area contributed by atoms with Gasteiger partial charge in [-0.3, -0.25) is 0 Å². The molecule has 0 saturated heterocycles. The minimum absolute atomic E-state index is 0.118. The summed E-state index contributed by atoms with van der Waals surface area (Å²) in [6.07, 6.45) is 7.85. The molecule has 0 spiro atoms. The highest BCUT2D eigenvalue weighted by Crippen LogP contribution is 2.17. The molecule has 17 heavy (non-hydrogen) atoms. The molecule has 0 aliphatic rings. The summed E-state index contributed by atoms with van der Waals surface area (Å²) in [5, 5.41) is 12.7. The van der Waals surface area contributed by atoms with Crippen molar-refractivity contribution in [1.82, 2.24) is 14.9 Å². The van der Waals surface area contributed by atoms with E-state index in [1.54, 1.807) is 0 Å². The normalized spacial score (nSPS) is 14.8. The van der Waals surface area contributed by atoms with Crippen LogP contribution in [0.1, 0.15) is 38.9 Å². The third-order valence-corrected chi connectivity index (χ3v) is 3.68. The maximum absolute atomic E-state index is 9.45. The van der Waals surface area contributed by atoms with Crippen molar-refractivity contribution < 1.29 is 5.11 Å². The predicted molar refractivity (Wildman–Crippen MR) is 70.0 cm³/mol.